The minimum Gasteiger partial charge on any atom is -0.397 e. The number of aromatic nitrogens is 1. The first-order chi connectivity index (χ1) is 9.08. The average molecular weight is 263 g/mol. The van der Waals surface area contributed by atoms with Crippen LogP contribution in [0.2, 0.25) is 0 Å². The molecule has 5 nitrogen and oxygen atoms in total. The molecular formula is C14H21N3O2. The zero-order chi connectivity index (χ0) is 13.8. The van der Waals surface area contributed by atoms with Gasteiger partial charge in [-0.15, -0.1) is 0 Å². The van der Waals surface area contributed by atoms with E-state index in [0.29, 0.717) is 29.4 Å². The summed E-state index contributed by atoms with van der Waals surface area (Å²) in [4.78, 5) is 18.3. The van der Waals surface area contributed by atoms with Crippen LogP contribution in [0.25, 0.3) is 0 Å². The van der Waals surface area contributed by atoms with E-state index in [1.165, 1.54) is 0 Å². The predicted molar refractivity (Wildman–Crippen MR) is 73.9 cm³/mol. The van der Waals surface area contributed by atoms with Gasteiger partial charge in [-0.05, 0) is 31.7 Å². The summed E-state index contributed by atoms with van der Waals surface area (Å²) >= 11 is 0. The lowest BCUT2D eigenvalue weighted by molar-refractivity contribution is 0.0388. The van der Waals surface area contributed by atoms with Crippen molar-refractivity contribution in [3.8, 4) is 0 Å². The summed E-state index contributed by atoms with van der Waals surface area (Å²) < 4.78 is 5.44. The highest BCUT2D eigenvalue weighted by molar-refractivity contribution is 5.95. The second-order valence-electron chi connectivity index (χ2n) is 5.17. The molecule has 0 radical (unpaired) electrons. The molecule has 5 heteroatoms. The van der Waals surface area contributed by atoms with Crippen LogP contribution in [-0.2, 0) is 4.74 Å². The van der Waals surface area contributed by atoms with Crippen LogP contribution in [0.15, 0.2) is 12.3 Å². The van der Waals surface area contributed by atoms with Crippen molar-refractivity contribution in [3.05, 3.63) is 23.5 Å². The highest BCUT2D eigenvalue weighted by Crippen LogP contribution is 2.17. The molecule has 0 spiro atoms. The SMILES string of the molecule is Cc1ncc(N)cc1C(=O)N(C)CC1CCCOC1. The van der Waals surface area contributed by atoms with E-state index in [9.17, 15) is 4.79 Å². The number of pyridine rings is 1. The van der Waals surface area contributed by atoms with Crippen LogP contribution in [0.3, 0.4) is 0 Å². The Morgan fingerprint density at radius 1 is 1.63 bits per heavy atom. The van der Waals surface area contributed by atoms with Gasteiger partial charge >= 0.3 is 0 Å². The van der Waals surface area contributed by atoms with E-state index in [-0.39, 0.29) is 5.91 Å². The fourth-order valence-corrected chi connectivity index (χ4v) is 2.39. The van der Waals surface area contributed by atoms with E-state index in [1.807, 2.05) is 14.0 Å². The van der Waals surface area contributed by atoms with Gasteiger partial charge in [-0.3, -0.25) is 9.78 Å². The first-order valence-electron chi connectivity index (χ1n) is 6.63. The van der Waals surface area contributed by atoms with Gasteiger partial charge in [0.15, 0.2) is 0 Å². The molecule has 1 amide bonds. The van der Waals surface area contributed by atoms with E-state index in [4.69, 9.17) is 10.5 Å². The van der Waals surface area contributed by atoms with Gasteiger partial charge in [0.25, 0.3) is 5.91 Å². The molecule has 19 heavy (non-hydrogen) atoms. The Morgan fingerprint density at radius 2 is 2.42 bits per heavy atom. The zero-order valence-electron chi connectivity index (χ0n) is 11.6. The lowest BCUT2D eigenvalue weighted by Gasteiger charge is -2.27. The Bertz CT molecular complexity index is 456. The van der Waals surface area contributed by atoms with Crippen LogP contribution in [-0.4, -0.2) is 42.6 Å². The lowest BCUT2D eigenvalue weighted by Crippen LogP contribution is -2.35. The molecule has 1 fully saturated rings. The van der Waals surface area contributed by atoms with Crippen molar-refractivity contribution in [1.29, 1.82) is 0 Å². The predicted octanol–water partition coefficient (Wildman–Crippen LogP) is 1.47. The average Bonchev–Trinajstić information content (AvgIpc) is 2.42. The first kappa shape index (κ1) is 13.8. The quantitative estimate of drug-likeness (QED) is 0.896. The fraction of sp³-hybridized carbons (Fsp3) is 0.571. The summed E-state index contributed by atoms with van der Waals surface area (Å²) in [7, 11) is 1.82. The summed E-state index contributed by atoms with van der Waals surface area (Å²) in [5, 5.41) is 0. The van der Waals surface area contributed by atoms with Crippen LogP contribution < -0.4 is 5.73 Å². The number of anilines is 1. The number of ether oxygens (including phenoxy) is 1. The van der Waals surface area contributed by atoms with Crippen molar-refractivity contribution in [2.45, 2.75) is 19.8 Å². The maximum absolute atomic E-state index is 12.4. The van der Waals surface area contributed by atoms with Crippen LogP contribution >= 0.6 is 0 Å². The van der Waals surface area contributed by atoms with E-state index >= 15 is 0 Å². The van der Waals surface area contributed by atoms with Crippen LogP contribution in [0.5, 0.6) is 0 Å². The molecule has 1 aliphatic heterocycles. The van der Waals surface area contributed by atoms with Crippen molar-refractivity contribution in [1.82, 2.24) is 9.88 Å². The van der Waals surface area contributed by atoms with E-state index in [2.05, 4.69) is 4.98 Å². The molecule has 104 valence electrons. The minimum absolute atomic E-state index is 0.0251. The molecule has 1 unspecified atom stereocenters. The van der Waals surface area contributed by atoms with Gasteiger partial charge in [-0.1, -0.05) is 0 Å². The van der Waals surface area contributed by atoms with Gasteiger partial charge in [0.2, 0.25) is 0 Å². The monoisotopic (exact) mass is 263 g/mol. The van der Waals surface area contributed by atoms with Crippen LogP contribution in [0.4, 0.5) is 5.69 Å². The Balaban J connectivity index is 2.03. The molecule has 0 bridgehead atoms. The van der Waals surface area contributed by atoms with E-state index < -0.39 is 0 Å². The Morgan fingerprint density at radius 3 is 3.11 bits per heavy atom. The molecule has 2 heterocycles. The summed E-state index contributed by atoms with van der Waals surface area (Å²) in [5.74, 6) is 0.403. The zero-order valence-corrected chi connectivity index (χ0v) is 11.6. The number of carbonyl (C=O) groups is 1. The maximum Gasteiger partial charge on any atom is 0.255 e. The Kier molecular flexibility index (Phi) is 4.37. The maximum atomic E-state index is 12.4. The van der Waals surface area contributed by atoms with Crippen molar-refractivity contribution >= 4 is 11.6 Å². The van der Waals surface area contributed by atoms with Gasteiger partial charge in [-0.25, -0.2) is 0 Å². The molecule has 0 aromatic carbocycles. The number of nitrogens with zero attached hydrogens (tertiary/aromatic N) is 2. The fourth-order valence-electron chi connectivity index (χ4n) is 2.39. The summed E-state index contributed by atoms with van der Waals surface area (Å²) in [6.45, 7) is 4.12. The van der Waals surface area contributed by atoms with E-state index in [0.717, 1.165) is 26.1 Å². The second kappa shape index (κ2) is 6.02. The topological polar surface area (TPSA) is 68.5 Å². The second-order valence-corrected chi connectivity index (χ2v) is 5.17. The molecule has 1 aromatic rings. The van der Waals surface area contributed by atoms with E-state index in [1.54, 1.807) is 17.2 Å². The molecule has 1 saturated heterocycles. The number of hydrogen-bond donors (Lipinski definition) is 1. The van der Waals surface area contributed by atoms with Crippen LogP contribution in [0, 0.1) is 12.8 Å². The Hall–Kier alpha value is -1.62. The molecule has 1 atom stereocenters. The summed E-state index contributed by atoms with van der Waals surface area (Å²) in [6.07, 6.45) is 3.76. The highest BCUT2D eigenvalue weighted by Gasteiger charge is 2.21. The number of rotatable bonds is 3. The first-order valence-corrected chi connectivity index (χ1v) is 6.63. The normalized spacial score (nSPS) is 19.2. The molecule has 2 rings (SSSR count). The van der Waals surface area contributed by atoms with Crippen molar-refractivity contribution < 1.29 is 9.53 Å². The third-order valence-corrected chi connectivity index (χ3v) is 3.47. The van der Waals surface area contributed by atoms with Crippen molar-refractivity contribution in [2.24, 2.45) is 5.92 Å². The standard InChI is InChI=1S/C14H21N3O2/c1-10-13(6-12(15)7-16-10)14(18)17(2)8-11-4-3-5-19-9-11/h6-7,11H,3-5,8-9,15H2,1-2H3. The molecule has 0 aliphatic carbocycles. The number of aryl methyl sites for hydroxylation is 1. The van der Waals surface area contributed by atoms with Crippen molar-refractivity contribution in [2.75, 3.05) is 32.5 Å². The number of amides is 1. The molecule has 2 N–H and O–H groups in total. The molecule has 0 saturated carbocycles. The van der Waals surface area contributed by atoms with Gasteiger partial charge in [0.05, 0.1) is 29.7 Å². The molecule has 1 aliphatic rings. The van der Waals surface area contributed by atoms with Crippen LogP contribution in [0.1, 0.15) is 28.9 Å². The highest BCUT2D eigenvalue weighted by atomic mass is 16.5. The minimum atomic E-state index is -0.0251. The van der Waals surface area contributed by atoms with Crippen molar-refractivity contribution in [3.63, 3.8) is 0 Å². The van der Waals surface area contributed by atoms with Gasteiger partial charge < -0.3 is 15.4 Å². The lowest BCUT2D eigenvalue weighted by atomic mass is 10.0. The van der Waals surface area contributed by atoms with Gasteiger partial charge in [-0.2, -0.15) is 0 Å². The largest absolute Gasteiger partial charge is 0.397 e. The third-order valence-electron chi connectivity index (χ3n) is 3.47. The molecular weight excluding hydrogens is 242 g/mol. The number of nitrogens with two attached hydrogens (primary N) is 1. The Labute approximate surface area is 113 Å². The smallest absolute Gasteiger partial charge is 0.255 e. The number of hydrogen-bond acceptors (Lipinski definition) is 4. The summed E-state index contributed by atoms with van der Waals surface area (Å²) in [6, 6.07) is 1.69. The summed E-state index contributed by atoms with van der Waals surface area (Å²) in [5.41, 5.74) is 7.51. The molecule has 1 aromatic heterocycles. The van der Waals surface area contributed by atoms with Gasteiger partial charge in [0, 0.05) is 20.2 Å². The third kappa shape index (κ3) is 3.44. The number of nitrogen functional groups attached to an aromatic ring is 1. The van der Waals surface area contributed by atoms with Gasteiger partial charge in [0.1, 0.15) is 0 Å². The number of carbonyl (C=O) groups excluding carboxylic acids is 1.